The molecule has 4 saturated carbocycles. The Labute approximate surface area is 141 Å². The second-order valence-electron chi connectivity index (χ2n) is 7.74. The molecule has 1 heterocycles. The molecule has 0 spiro atoms. The molecule has 2 aromatic rings. The first-order valence-electron chi connectivity index (χ1n) is 9.02. The second-order valence-corrected chi connectivity index (χ2v) is 7.74. The van der Waals surface area contributed by atoms with E-state index in [9.17, 15) is 4.79 Å². The number of rotatable bonds is 3. The highest BCUT2D eigenvalue weighted by molar-refractivity contribution is 5.92. The Hall–Kier alpha value is -2.17. The minimum absolute atomic E-state index is 0.0699. The molecule has 0 unspecified atom stereocenters. The summed E-state index contributed by atoms with van der Waals surface area (Å²) in [5.74, 6) is 3.00. The maximum Gasteiger partial charge on any atom is 0.260 e. The minimum atomic E-state index is -0.0699. The van der Waals surface area contributed by atoms with Crippen LogP contribution < -0.4 is 5.43 Å². The fourth-order valence-electron chi connectivity index (χ4n) is 5.30. The van der Waals surface area contributed by atoms with Crippen molar-refractivity contribution in [2.24, 2.45) is 28.8 Å². The first kappa shape index (κ1) is 14.2. The zero-order valence-electron chi connectivity index (χ0n) is 13.7. The molecule has 1 N–H and O–H groups in total. The topological polar surface area (TPSA) is 59.3 Å². The number of imidazole rings is 1. The van der Waals surface area contributed by atoms with Gasteiger partial charge in [-0.3, -0.25) is 4.79 Å². The van der Waals surface area contributed by atoms with Gasteiger partial charge in [-0.25, -0.2) is 10.4 Å². The lowest BCUT2D eigenvalue weighted by atomic mass is 9.55. The number of para-hydroxylation sites is 2. The van der Waals surface area contributed by atoms with E-state index in [0.29, 0.717) is 11.8 Å². The Balaban J connectivity index is 1.29. The van der Waals surface area contributed by atoms with Crippen molar-refractivity contribution in [1.82, 2.24) is 15.0 Å². The standard InChI is InChI=1S/C19H22N4O/c24-18(10-23-11-20-16-3-1-2-4-17(16)23)21-22-19-14-6-12-5-13(8-14)9-15(19)7-12/h1-4,11-15H,5-10H2,(H,21,24). The minimum Gasteiger partial charge on any atom is -0.321 e. The van der Waals surface area contributed by atoms with Gasteiger partial charge in [-0.2, -0.15) is 5.10 Å². The molecule has 124 valence electrons. The zero-order valence-corrected chi connectivity index (χ0v) is 13.7. The Morgan fingerprint density at radius 3 is 2.58 bits per heavy atom. The molecule has 5 heteroatoms. The zero-order chi connectivity index (χ0) is 16.1. The summed E-state index contributed by atoms with van der Waals surface area (Å²) in [6.45, 7) is 0.262. The summed E-state index contributed by atoms with van der Waals surface area (Å²) in [7, 11) is 0. The molecular formula is C19H22N4O. The summed E-state index contributed by atoms with van der Waals surface area (Å²) in [6.07, 6.45) is 8.30. The number of carbonyl (C=O) groups is 1. The summed E-state index contributed by atoms with van der Waals surface area (Å²) in [5.41, 5.74) is 5.98. The fourth-order valence-corrected chi connectivity index (χ4v) is 5.30. The van der Waals surface area contributed by atoms with Crippen LogP contribution in [0.5, 0.6) is 0 Å². The van der Waals surface area contributed by atoms with Gasteiger partial charge in [0.25, 0.3) is 5.91 Å². The number of hydrazone groups is 1. The van der Waals surface area contributed by atoms with Crippen LogP contribution in [0.4, 0.5) is 0 Å². The monoisotopic (exact) mass is 322 g/mol. The van der Waals surface area contributed by atoms with Crippen molar-refractivity contribution in [3.63, 3.8) is 0 Å². The molecule has 0 radical (unpaired) electrons. The van der Waals surface area contributed by atoms with E-state index >= 15 is 0 Å². The molecule has 4 aliphatic rings. The van der Waals surface area contributed by atoms with Crippen LogP contribution in [-0.2, 0) is 11.3 Å². The number of nitrogens with one attached hydrogen (secondary N) is 1. The van der Waals surface area contributed by atoms with Crippen molar-refractivity contribution in [2.45, 2.75) is 38.6 Å². The molecule has 0 atom stereocenters. The lowest BCUT2D eigenvalue weighted by Gasteiger charge is -2.50. The molecule has 1 aromatic carbocycles. The van der Waals surface area contributed by atoms with Crippen LogP contribution in [0.3, 0.4) is 0 Å². The number of carbonyl (C=O) groups excluding carboxylic acids is 1. The van der Waals surface area contributed by atoms with Crippen LogP contribution in [-0.4, -0.2) is 21.2 Å². The van der Waals surface area contributed by atoms with E-state index < -0.39 is 0 Å². The smallest absolute Gasteiger partial charge is 0.260 e. The van der Waals surface area contributed by atoms with Gasteiger partial charge in [0.05, 0.1) is 17.4 Å². The van der Waals surface area contributed by atoms with Crippen molar-refractivity contribution in [2.75, 3.05) is 0 Å². The van der Waals surface area contributed by atoms with Gasteiger partial charge in [0.1, 0.15) is 6.54 Å². The first-order chi connectivity index (χ1) is 11.8. The van der Waals surface area contributed by atoms with Gasteiger partial charge in [0.2, 0.25) is 0 Å². The van der Waals surface area contributed by atoms with E-state index in [2.05, 4.69) is 15.5 Å². The molecule has 4 fully saturated rings. The molecule has 0 saturated heterocycles. The van der Waals surface area contributed by atoms with Crippen molar-refractivity contribution in [3.8, 4) is 0 Å². The third kappa shape index (κ3) is 2.34. The molecule has 5 nitrogen and oxygen atoms in total. The number of benzene rings is 1. The summed E-state index contributed by atoms with van der Waals surface area (Å²) >= 11 is 0. The van der Waals surface area contributed by atoms with Gasteiger partial charge in [-0.15, -0.1) is 0 Å². The van der Waals surface area contributed by atoms with Gasteiger partial charge in [-0.05, 0) is 67.9 Å². The maximum absolute atomic E-state index is 12.3. The molecule has 1 aromatic heterocycles. The summed E-state index contributed by atoms with van der Waals surface area (Å²) in [5, 5.41) is 4.57. The lowest BCUT2D eigenvalue weighted by molar-refractivity contribution is -0.121. The number of hydrogen-bond acceptors (Lipinski definition) is 3. The highest BCUT2D eigenvalue weighted by Crippen LogP contribution is 2.52. The van der Waals surface area contributed by atoms with Crippen molar-refractivity contribution in [1.29, 1.82) is 0 Å². The van der Waals surface area contributed by atoms with E-state index in [1.807, 2.05) is 28.8 Å². The van der Waals surface area contributed by atoms with Crippen molar-refractivity contribution in [3.05, 3.63) is 30.6 Å². The number of nitrogens with zero attached hydrogens (tertiary/aromatic N) is 3. The third-order valence-corrected chi connectivity index (χ3v) is 6.13. The normalized spacial score (nSPS) is 30.8. The van der Waals surface area contributed by atoms with Crippen LogP contribution in [0.25, 0.3) is 11.0 Å². The highest BCUT2D eigenvalue weighted by Gasteiger charge is 2.46. The van der Waals surface area contributed by atoms with Gasteiger partial charge in [0, 0.05) is 5.71 Å². The van der Waals surface area contributed by atoms with Gasteiger partial charge in [-0.1, -0.05) is 12.1 Å². The van der Waals surface area contributed by atoms with Gasteiger partial charge in [0.15, 0.2) is 0 Å². The van der Waals surface area contributed by atoms with E-state index in [0.717, 1.165) is 22.9 Å². The molecule has 6 rings (SSSR count). The molecular weight excluding hydrogens is 300 g/mol. The predicted molar refractivity (Wildman–Crippen MR) is 92.4 cm³/mol. The molecule has 24 heavy (non-hydrogen) atoms. The van der Waals surface area contributed by atoms with E-state index in [1.54, 1.807) is 6.33 Å². The Kier molecular flexibility index (Phi) is 3.21. The van der Waals surface area contributed by atoms with E-state index in [-0.39, 0.29) is 12.5 Å². The van der Waals surface area contributed by atoms with Crippen LogP contribution >= 0.6 is 0 Å². The maximum atomic E-state index is 12.3. The Morgan fingerprint density at radius 2 is 1.83 bits per heavy atom. The van der Waals surface area contributed by atoms with E-state index in [1.165, 1.54) is 37.8 Å². The average molecular weight is 322 g/mol. The largest absolute Gasteiger partial charge is 0.321 e. The molecule has 4 bridgehead atoms. The molecule has 4 aliphatic carbocycles. The second kappa shape index (κ2) is 5.43. The Morgan fingerprint density at radius 1 is 1.12 bits per heavy atom. The molecule has 0 aliphatic heterocycles. The summed E-state index contributed by atoms with van der Waals surface area (Å²) in [6, 6.07) is 7.86. The summed E-state index contributed by atoms with van der Waals surface area (Å²) in [4.78, 5) is 16.7. The summed E-state index contributed by atoms with van der Waals surface area (Å²) < 4.78 is 1.88. The van der Waals surface area contributed by atoms with Gasteiger partial charge >= 0.3 is 0 Å². The number of hydrogen-bond donors (Lipinski definition) is 1. The fraction of sp³-hybridized carbons (Fsp3) is 0.526. The highest BCUT2D eigenvalue weighted by atomic mass is 16.2. The quantitative estimate of drug-likeness (QED) is 0.883. The van der Waals surface area contributed by atoms with Gasteiger partial charge < -0.3 is 4.57 Å². The lowest BCUT2D eigenvalue weighted by Crippen LogP contribution is -2.46. The number of aromatic nitrogens is 2. The van der Waals surface area contributed by atoms with Crippen LogP contribution in [0.1, 0.15) is 32.1 Å². The van der Waals surface area contributed by atoms with Crippen molar-refractivity contribution < 1.29 is 4.79 Å². The van der Waals surface area contributed by atoms with Crippen LogP contribution in [0, 0.1) is 23.7 Å². The van der Waals surface area contributed by atoms with Crippen molar-refractivity contribution >= 4 is 22.7 Å². The van der Waals surface area contributed by atoms with Crippen LogP contribution in [0.2, 0.25) is 0 Å². The first-order valence-corrected chi connectivity index (χ1v) is 9.02. The predicted octanol–water partition coefficient (Wildman–Crippen LogP) is 2.96. The van der Waals surface area contributed by atoms with E-state index in [4.69, 9.17) is 0 Å². The molecule has 1 amide bonds. The third-order valence-electron chi connectivity index (χ3n) is 6.13. The SMILES string of the molecule is O=C(Cn1cnc2ccccc21)NN=C1C2CC3CC(C2)CC1C3. The Bertz CT molecular complexity index is 792. The van der Waals surface area contributed by atoms with Crippen LogP contribution in [0.15, 0.2) is 35.7 Å². The number of fused-ring (bicyclic) bond motifs is 1. The number of amides is 1. The average Bonchev–Trinajstić information content (AvgIpc) is 2.97.